The summed E-state index contributed by atoms with van der Waals surface area (Å²) >= 11 is 0. The van der Waals surface area contributed by atoms with E-state index in [0.717, 1.165) is 17.2 Å². The van der Waals surface area contributed by atoms with E-state index < -0.39 is 11.8 Å². The quantitative estimate of drug-likeness (QED) is 0.425. The Morgan fingerprint density at radius 2 is 2.00 bits per heavy atom. The first kappa shape index (κ1) is 9.64. The molecule has 0 aliphatic carbocycles. The second-order valence-corrected chi connectivity index (χ2v) is 1.75. The number of hydroxylamine groups is 2. The van der Waals surface area contributed by atoms with Crippen LogP contribution >= 0.6 is 0 Å². The minimum absolute atomic E-state index is 0.439. The zero-order valence-corrected chi connectivity index (χ0v) is 6.40. The van der Waals surface area contributed by atoms with E-state index in [2.05, 4.69) is 4.84 Å². The summed E-state index contributed by atoms with van der Waals surface area (Å²) in [5.41, 5.74) is 4.75. The van der Waals surface area contributed by atoms with Gasteiger partial charge in [0.2, 0.25) is 5.91 Å². The number of nitrogens with two attached hydrogens (primary N) is 1. The minimum Gasteiger partial charge on any atom is -0.366 e. The summed E-state index contributed by atoms with van der Waals surface area (Å²) in [6.45, 7) is 0. The van der Waals surface area contributed by atoms with E-state index in [0.29, 0.717) is 0 Å². The van der Waals surface area contributed by atoms with Gasteiger partial charge in [-0.2, -0.15) is 0 Å². The van der Waals surface area contributed by atoms with Crippen molar-refractivity contribution < 1.29 is 14.4 Å². The Morgan fingerprint density at radius 3 is 2.36 bits per heavy atom. The van der Waals surface area contributed by atoms with Crippen LogP contribution in [-0.2, 0) is 14.4 Å². The average molecular weight is 158 g/mol. The molecule has 11 heavy (non-hydrogen) atoms. The lowest BCUT2D eigenvalue weighted by molar-refractivity contribution is -0.162. The van der Waals surface area contributed by atoms with Crippen LogP contribution in [0.15, 0.2) is 12.2 Å². The molecule has 0 aliphatic heterocycles. The second kappa shape index (κ2) is 4.45. The third-order valence-electron chi connectivity index (χ3n) is 0.974. The topological polar surface area (TPSA) is 72.6 Å². The maximum atomic E-state index is 10.8. The monoisotopic (exact) mass is 158 g/mol. The van der Waals surface area contributed by atoms with Gasteiger partial charge in [0.25, 0.3) is 5.91 Å². The number of likely N-dealkylation sites (N-methyl/N-ethyl adjacent to an activating group) is 1. The first-order valence-corrected chi connectivity index (χ1v) is 2.87. The summed E-state index contributed by atoms with van der Waals surface area (Å²) in [5.74, 6) is -1.10. The molecule has 5 nitrogen and oxygen atoms in total. The van der Waals surface area contributed by atoms with Gasteiger partial charge in [-0.05, 0) is 0 Å². The molecule has 62 valence electrons. The van der Waals surface area contributed by atoms with Crippen molar-refractivity contribution in [1.29, 1.82) is 0 Å². The fourth-order valence-electron chi connectivity index (χ4n) is 0.348. The van der Waals surface area contributed by atoms with Gasteiger partial charge >= 0.3 is 0 Å². The Morgan fingerprint density at radius 1 is 1.45 bits per heavy atom. The first-order chi connectivity index (χ1) is 5.07. The highest BCUT2D eigenvalue weighted by molar-refractivity contribution is 5.95. The van der Waals surface area contributed by atoms with Gasteiger partial charge in [-0.3, -0.25) is 14.4 Å². The molecule has 0 aromatic heterocycles. The number of carbonyl (C=O) groups excluding carboxylic acids is 2. The molecule has 0 heterocycles. The smallest absolute Gasteiger partial charge is 0.270 e. The minimum atomic E-state index is -0.664. The SMILES string of the molecule is CON(C)C(=O)/C=C\C(N)=O. The molecule has 0 atom stereocenters. The van der Waals surface area contributed by atoms with Gasteiger partial charge < -0.3 is 5.73 Å². The van der Waals surface area contributed by atoms with Crippen molar-refractivity contribution in [2.45, 2.75) is 0 Å². The summed E-state index contributed by atoms with van der Waals surface area (Å²) < 4.78 is 0. The molecule has 5 heteroatoms. The summed E-state index contributed by atoms with van der Waals surface area (Å²) in [6, 6.07) is 0. The van der Waals surface area contributed by atoms with Gasteiger partial charge in [0.1, 0.15) is 0 Å². The van der Waals surface area contributed by atoms with Crippen LogP contribution in [0.2, 0.25) is 0 Å². The molecule has 0 saturated heterocycles. The highest BCUT2D eigenvalue weighted by atomic mass is 16.7. The van der Waals surface area contributed by atoms with Crippen LogP contribution in [0, 0.1) is 0 Å². The molecule has 0 bridgehead atoms. The van der Waals surface area contributed by atoms with Crippen molar-refractivity contribution in [2.75, 3.05) is 14.2 Å². The predicted molar refractivity (Wildman–Crippen MR) is 38.1 cm³/mol. The van der Waals surface area contributed by atoms with Crippen LogP contribution in [0.25, 0.3) is 0 Å². The van der Waals surface area contributed by atoms with Crippen LogP contribution in [0.1, 0.15) is 0 Å². The van der Waals surface area contributed by atoms with Gasteiger partial charge in [0, 0.05) is 19.2 Å². The molecule has 0 fully saturated rings. The lowest BCUT2D eigenvalue weighted by atomic mass is 10.4. The van der Waals surface area contributed by atoms with Crippen LogP contribution in [0.3, 0.4) is 0 Å². The molecular weight excluding hydrogens is 148 g/mol. The lowest BCUT2D eigenvalue weighted by Crippen LogP contribution is -2.23. The van der Waals surface area contributed by atoms with Crippen LogP contribution in [0.4, 0.5) is 0 Å². The van der Waals surface area contributed by atoms with E-state index in [1.54, 1.807) is 0 Å². The Hall–Kier alpha value is -1.36. The highest BCUT2D eigenvalue weighted by Gasteiger charge is 2.01. The molecule has 0 aromatic carbocycles. The molecule has 0 aromatic rings. The van der Waals surface area contributed by atoms with Crippen LogP contribution in [-0.4, -0.2) is 31.0 Å². The van der Waals surface area contributed by atoms with Crippen molar-refractivity contribution in [1.82, 2.24) is 5.06 Å². The molecule has 0 unspecified atom stereocenters. The number of carbonyl (C=O) groups is 2. The maximum Gasteiger partial charge on any atom is 0.270 e. The fraction of sp³-hybridized carbons (Fsp3) is 0.333. The Kier molecular flexibility index (Phi) is 3.90. The van der Waals surface area contributed by atoms with Gasteiger partial charge in [0.05, 0.1) is 7.11 Å². The van der Waals surface area contributed by atoms with E-state index >= 15 is 0 Å². The van der Waals surface area contributed by atoms with E-state index in [4.69, 9.17) is 5.73 Å². The standard InChI is InChI=1S/C6H10N2O3/c1-8(11-2)6(10)4-3-5(7)9/h3-4H,1-2H3,(H2,7,9)/b4-3-. The van der Waals surface area contributed by atoms with Crippen molar-refractivity contribution in [2.24, 2.45) is 5.73 Å². The summed E-state index contributed by atoms with van der Waals surface area (Å²) in [4.78, 5) is 25.4. The van der Waals surface area contributed by atoms with Crippen molar-refractivity contribution in [3.63, 3.8) is 0 Å². The number of nitrogens with zero attached hydrogens (tertiary/aromatic N) is 1. The number of hydrogen-bond donors (Lipinski definition) is 1. The van der Waals surface area contributed by atoms with E-state index in [-0.39, 0.29) is 0 Å². The number of rotatable bonds is 3. The zero-order valence-electron chi connectivity index (χ0n) is 6.40. The highest BCUT2D eigenvalue weighted by Crippen LogP contribution is 1.85. The number of hydrogen-bond acceptors (Lipinski definition) is 3. The first-order valence-electron chi connectivity index (χ1n) is 2.87. The second-order valence-electron chi connectivity index (χ2n) is 1.75. The average Bonchev–Trinajstić information content (AvgIpc) is 1.98. The third kappa shape index (κ3) is 4.10. The third-order valence-corrected chi connectivity index (χ3v) is 0.974. The number of primary amides is 1. The van der Waals surface area contributed by atoms with Crippen LogP contribution < -0.4 is 5.73 Å². The Balaban J connectivity index is 3.96. The Labute approximate surface area is 64.4 Å². The molecule has 0 aliphatic rings. The zero-order chi connectivity index (χ0) is 8.85. The molecule has 0 rings (SSSR count). The van der Waals surface area contributed by atoms with E-state index in [1.165, 1.54) is 14.2 Å². The van der Waals surface area contributed by atoms with Gasteiger partial charge in [-0.25, -0.2) is 5.06 Å². The van der Waals surface area contributed by atoms with Crippen molar-refractivity contribution in [3.05, 3.63) is 12.2 Å². The summed E-state index contributed by atoms with van der Waals surface area (Å²) in [6.07, 6.45) is 2.00. The lowest BCUT2D eigenvalue weighted by Gasteiger charge is -2.09. The molecule has 2 N–H and O–H groups in total. The van der Waals surface area contributed by atoms with E-state index in [9.17, 15) is 9.59 Å². The molecular formula is C6H10N2O3. The Bertz CT molecular complexity index is 188. The summed E-state index contributed by atoms with van der Waals surface area (Å²) in [5, 5.41) is 0.972. The van der Waals surface area contributed by atoms with Gasteiger partial charge in [-0.1, -0.05) is 0 Å². The molecule has 2 amide bonds. The van der Waals surface area contributed by atoms with Crippen LogP contribution in [0.5, 0.6) is 0 Å². The number of amides is 2. The van der Waals surface area contributed by atoms with Gasteiger partial charge in [0.15, 0.2) is 0 Å². The fourth-order valence-corrected chi connectivity index (χ4v) is 0.348. The van der Waals surface area contributed by atoms with Crippen molar-refractivity contribution in [3.8, 4) is 0 Å². The van der Waals surface area contributed by atoms with E-state index in [1.807, 2.05) is 0 Å². The maximum absolute atomic E-state index is 10.8. The molecule has 0 radical (unpaired) electrons. The van der Waals surface area contributed by atoms with Crippen molar-refractivity contribution >= 4 is 11.8 Å². The normalized spacial score (nSPS) is 10.0. The molecule has 0 saturated carbocycles. The largest absolute Gasteiger partial charge is 0.366 e. The molecule has 0 spiro atoms. The summed E-state index contributed by atoms with van der Waals surface area (Å²) in [7, 11) is 2.77. The van der Waals surface area contributed by atoms with Gasteiger partial charge in [-0.15, -0.1) is 0 Å². The predicted octanol–water partition coefficient (Wildman–Crippen LogP) is -0.952.